The zero-order chi connectivity index (χ0) is 21.7. The number of hydrogen-bond donors (Lipinski definition) is 1. The Kier molecular flexibility index (Phi) is 4.73. The van der Waals surface area contributed by atoms with Crippen LogP contribution in [0.2, 0.25) is 0 Å². The molecule has 9 nitrogen and oxygen atoms in total. The molecule has 3 heterocycles. The minimum Gasteiger partial charge on any atom is -0.384 e. The van der Waals surface area contributed by atoms with Crippen LogP contribution in [0.3, 0.4) is 0 Å². The largest absolute Gasteiger partial charge is 0.384 e. The SMILES string of the molecule is Cc1cc2nnc(S[C@@H](C)C(=O)c3c(N)n(C)c(=O)n(C)c3=O)n2c2ccccc12. The van der Waals surface area contributed by atoms with Gasteiger partial charge >= 0.3 is 5.69 Å². The van der Waals surface area contributed by atoms with Crippen LogP contribution in [0.5, 0.6) is 0 Å². The Bertz CT molecular complexity index is 1450. The lowest BCUT2D eigenvalue weighted by Gasteiger charge is -2.14. The van der Waals surface area contributed by atoms with E-state index in [1.54, 1.807) is 6.92 Å². The Morgan fingerprint density at radius 1 is 1.13 bits per heavy atom. The number of anilines is 1. The van der Waals surface area contributed by atoms with Gasteiger partial charge < -0.3 is 5.73 Å². The summed E-state index contributed by atoms with van der Waals surface area (Å²) in [4.78, 5) is 37.7. The number of Topliss-reactive ketones (excluding diaryl/α,β-unsaturated/α-hetero) is 1. The van der Waals surface area contributed by atoms with Crippen LogP contribution in [-0.4, -0.2) is 34.8 Å². The van der Waals surface area contributed by atoms with Gasteiger partial charge in [0.15, 0.2) is 16.6 Å². The summed E-state index contributed by atoms with van der Waals surface area (Å²) in [6.45, 7) is 3.68. The maximum atomic E-state index is 13.1. The van der Waals surface area contributed by atoms with Crippen LogP contribution in [-0.2, 0) is 14.1 Å². The van der Waals surface area contributed by atoms with E-state index in [4.69, 9.17) is 5.73 Å². The molecule has 4 aromatic rings. The van der Waals surface area contributed by atoms with E-state index in [2.05, 4.69) is 10.2 Å². The average Bonchev–Trinajstić information content (AvgIpc) is 3.13. The summed E-state index contributed by atoms with van der Waals surface area (Å²) >= 11 is 1.19. The molecule has 3 aromatic heterocycles. The Labute approximate surface area is 175 Å². The molecule has 154 valence electrons. The van der Waals surface area contributed by atoms with Crippen molar-refractivity contribution in [1.82, 2.24) is 23.7 Å². The molecule has 0 spiro atoms. The van der Waals surface area contributed by atoms with Crippen LogP contribution in [0, 0.1) is 6.92 Å². The molecule has 0 bridgehead atoms. The number of ketones is 1. The summed E-state index contributed by atoms with van der Waals surface area (Å²) in [6.07, 6.45) is 0. The Hall–Kier alpha value is -3.40. The molecular formula is C20H20N6O3S. The number of para-hydroxylation sites is 1. The number of nitrogens with zero attached hydrogens (tertiary/aromatic N) is 5. The molecule has 1 atom stereocenters. The van der Waals surface area contributed by atoms with Crippen molar-refractivity contribution < 1.29 is 4.79 Å². The van der Waals surface area contributed by atoms with Gasteiger partial charge in [0.2, 0.25) is 0 Å². The highest BCUT2D eigenvalue weighted by molar-refractivity contribution is 8.00. The summed E-state index contributed by atoms with van der Waals surface area (Å²) in [5.41, 5.74) is 7.12. The molecule has 0 saturated carbocycles. The molecule has 30 heavy (non-hydrogen) atoms. The number of nitrogens with two attached hydrogens (primary N) is 1. The zero-order valence-electron chi connectivity index (χ0n) is 16.9. The standard InChI is InChI=1S/C20H20N6O3S/c1-10-9-14-22-23-19(26(14)13-8-6-5-7-12(10)13)30-11(2)16(27)15-17(21)24(3)20(29)25(4)18(15)28/h5-9,11H,21H2,1-4H3/t11-/m0/s1. The van der Waals surface area contributed by atoms with Gasteiger partial charge in [-0.1, -0.05) is 30.0 Å². The molecule has 4 rings (SSSR count). The first-order valence-electron chi connectivity index (χ1n) is 9.22. The van der Waals surface area contributed by atoms with E-state index in [1.807, 2.05) is 41.7 Å². The Morgan fingerprint density at radius 3 is 2.57 bits per heavy atom. The van der Waals surface area contributed by atoms with E-state index in [0.717, 1.165) is 25.6 Å². The van der Waals surface area contributed by atoms with Crippen molar-refractivity contribution in [3.8, 4) is 0 Å². The predicted molar refractivity (Wildman–Crippen MR) is 116 cm³/mol. The predicted octanol–water partition coefficient (Wildman–Crippen LogP) is 1.53. The van der Waals surface area contributed by atoms with Crippen molar-refractivity contribution in [3.05, 3.63) is 62.3 Å². The number of fused-ring (bicyclic) bond motifs is 3. The van der Waals surface area contributed by atoms with E-state index < -0.39 is 22.3 Å². The van der Waals surface area contributed by atoms with Crippen molar-refractivity contribution in [3.63, 3.8) is 0 Å². The van der Waals surface area contributed by atoms with E-state index in [0.29, 0.717) is 10.8 Å². The van der Waals surface area contributed by atoms with Crippen LogP contribution >= 0.6 is 11.8 Å². The fourth-order valence-corrected chi connectivity index (χ4v) is 4.38. The van der Waals surface area contributed by atoms with Gasteiger partial charge in [-0.05, 0) is 31.5 Å². The molecule has 0 amide bonds. The van der Waals surface area contributed by atoms with Gasteiger partial charge in [-0.25, -0.2) is 4.79 Å². The van der Waals surface area contributed by atoms with Crippen LogP contribution in [0.4, 0.5) is 5.82 Å². The van der Waals surface area contributed by atoms with E-state index in [9.17, 15) is 14.4 Å². The van der Waals surface area contributed by atoms with Gasteiger partial charge in [0.1, 0.15) is 11.4 Å². The second kappa shape index (κ2) is 7.13. The third kappa shape index (κ3) is 2.91. The number of hydrogen-bond acceptors (Lipinski definition) is 7. The first kappa shape index (κ1) is 19.9. The number of carbonyl (C=O) groups excluding carboxylic acids is 1. The van der Waals surface area contributed by atoms with Crippen molar-refractivity contribution in [2.75, 3.05) is 5.73 Å². The molecule has 10 heteroatoms. The molecule has 1 aromatic carbocycles. The molecule has 0 unspecified atom stereocenters. The number of rotatable bonds is 4. The van der Waals surface area contributed by atoms with Crippen molar-refractivity contribution in [2.45, 2.75) is 24.3 Å². The molecule has 2 N–H and O–H groups in total. The highest BCUT2D eigenvalue weighted by Gasteiger charge is 2.27. The summed E-state index contributed by atoms with van der Waals surface area (Å²) in [5, 5.41) is 9.40. The maximum Gasteiger partial charge on any atom is 0.332 e. The van der Waals surface area contributed by atoms with Crippen LogP contribution in [0.15, 0.2) is 45.1 Å². The number of carbonyl (C=O) groups is 1. The van der Waals surface area contributed by atoms with Crippen molar-refractivity contribution in [1.29, 1.82) is 0 Å². The second-order valence-electron chi connectivity index (χ2n) is 7.11. The third-order valence-corrected chi connectivity index (χ3v) is 6.22. The normalized spacial score (nSPS) is 12.5. The van der Waals surface area contributed by atoms with Gasteiger partial charge in [0.05, 0.1) is 10.8 Å². The highest BCUT2D eigenvalue weighted by Crippen LogP contribution is 2.29. The van der Waals surface area contributed by atoms with Gasteiger partial charge in [0, 0.05) is 19.5 Å². The van der Waals surface area contributed by atoms with E-state index >= 15 is 0 Å². The van der Waals surface area contributed by atoms with E-state index in [1.165, 1.54) is 25.9 Å². The molecule has 0 saturated heterocycles. The second-order valence-corrected chi connectivity index (χ2v) is 8.42. The summed E-state index contributed by atoms with van der Waals surface area (Å²) < 4.78 is 3.86. The quantitative estimate of drug-likeness (QED) is 0.390. The number of aryl methyl sites for hydroxylation is 1. The number of thioether (sulfide) groups is 1. The Balaban J connectivity index is 1.79. The number of pyridine rings is 1. The summed E-state index contributed by atoms with van der Waals surface area (Å²) in [5.74, 6) is -0.616. The molecule has 0 aliphatic carbocycles. The lowest BCUT2D eigenvalue weighted by Crippen LogP contribution is -2.42. The van der Waals surface area contributed by atoms with Gasteiger partial charge in [-0.15, -0.1) is 10.2 Å². The van der Waals surface area contributed by atoms with Gasteiger partial charge in [0.25, 0.3) is 5.56 Å². The Morgan fingerprint density at radius 2 is 1.83 bits per heavy atom. The molecule has 0 aliphatic heterocycles. The highest BCUT2D eigenvalue weighted by atomic mass is 32.2. The van der Waals surface area contributed by atoms with Crippen LogP contribution < -0.4 is 17.0 Å². The lowest BCUT2D eigenvalue weighted by atomic mass is 10.1. The number of aromatic nitrogens is 5. The van der Waals surface area contributed by atoms with E-state index in [-0.39, 0.29) is 11.4 Å². The average molecular weight is 424 g/mol. The maximum absolute atomic E-state index is 13.1. The van der Waals surface area contributed by atoms with Crippen LogP contribution in [0.25, 0.3) is 16.6 Å². The molecular weight excluding hydrogens is 404 g/mol. The molecule has 0 radical (unpaired) electrons. The fraction of sp³-hybridized carbons (Fsp3) is 0.250. The zero-order valence-corrected chi connectivity index (χ0v) is 17.7. The first-order chi connectivity index (χ1) is 14.2. The molecule has 0 aliphatic rings. The summed E-state index contributed by atoms with van der Waals surface area (Å²) in [7, 11) is 2.74. The molecule has 0 fully saturated rings. The fourth-order valence-electron chi connectivity index (χ4n) is 3.46. The first-order valence-corrected chi connectivity index (χ1v) is 10.1. The number of nitrogen functional groups attached to an aromatic ring is 1. The van der Waals surface area contributed by atoms with Crippen molar-refractivity contribution >= 4 is 39.9 Å². The summed E-state index contributed by atoms with van der Waals surface area (Å²) in [6, 6.07) is 9.81. The van der Waals surface area contributed by atoms with Crippen molar-refractivity contribution in [2.24, 2.45) is 14.1 Å². The topological polar surface area (TPSA) is 117 Å². The third-order valence-electron chi connectivity index (χ3n) is 5.18. The monoisotopic (exact) mass is 424 g/mol. The number of benzene rings is 1. The smallest absolute Gasteiger partial charge is 0.332 e. The lowest BCUT2D eigenvalue weighted by molar-refractivity contribution is 0.0992. The minimum atomic E-state index is -0.708. The minimum absolute atomic E-state index is 0.146. The van der Waals surface area contributed by atoms with Crippen LogP contribution in [0.1, 0.15) is 22.8 Å². The van der Waals surface area contributed by atoms with Gasteiger partial charge in [-0.3, -0.25) is 23.1 Å². The van der Waals surface area contributed by atoms with Gasteiger partial charge in [-0.2, -0.15) is 0 Å².